The van der Waals surface area contributed by atoms with Gasteiger partial charge in [-0.15, -0.1) is 10.2 Å². The van der Waals surface area contributed by atoms with Gasteiger partial charge in [0.1, 0.15) is 5.56 Å². The zero-order valence-electron chi connectivity index (χ0n) is 19.0. The highest BCUT2D eigenvalue weighted by molar-refractivity contribution is 7.91. The van der Waals surface area contributed by atoms with Gasteiger partial charge in [-0.25, -0.2) is 14.0 Å². The van der Waals surface area contributed by atoms with Gasteiger partial charge in [-0.1, -0.05) is 12.5 Å². The van der Waals surface area contributed by atoms with E-state index in [-0.39, 0.29) is 16.5 Å². The summed E-state index contributed by atoms with van der Waals surface area (Å²) in [5, 5.41) is 8.93. The van der Waals surface area contributed by atoms with Gasteiger partial charge < -0.3 is 10.1 Å². The third-order valence-corrected chi connectivity index (χ3v) is 6.85. The molecule has 1 aliphatic carbocycles. The van der Waals surface area contributed by atoms with Gasteiger partial charge in [0.25, 0.3) is 11.8 Å². The Morgan fingerprint density at radius 3 is 2.56 bits per heavy atom. The van der Waals surface area contributed by atoms with Crippen LogP contribution in [0.15, 0.2) is 35.4 Å². The molecule has 3 aromatic rings. The first-order valence-electron chi connectivity index (χ1n) is 10.6. The second kappa shape index (κ2) is 9.41. The Labute approximate surface area is 203 Å². The number of hydrogen-bond acceptors (Lipinski definition) is 8. The number of aromatic nitrogens is 4. The van der Waals surface area contributed by atoms with Crippen LogP contribution in [0.4, 0.5) is 23.2 Å². The molecule has 1 unspecified atom stereocenters. The number of amides is 1. The second-order valence-corrected chi connectivity index (χ2v) is 10.5. The fraction of sp³-hybridized carbons (Fsp3) is 0.318. The van der Waals surface area contributed by atoms with Gasteiger partial charge in [0, 0.05) is 28.6 Å². The summed E-state index contributed by atoms with van der Waals surface area (Å²) in [4.78, 5) is 20.7. The summed E-state index contributed by atoms with van der Waals surface area (Å²) in [6.07, 6.45) is 0.0471. The average Bonchev–Trinajstić information content (AvgIpc) is 2.73. The van der Waals surface area contributed by atoms with Crippen molar-refractivity contribution in [3.05, 3.63) is 58.8 Å². The Morgan fingerprint density at radius 2 is 1.97 bits per heavy atom. The first-order chi connectivity index (χ1) is 16.8. The smallest absolute Gasteiger partial charge is 0.403 e. The molecule has 9 nitrogen and oxygen atoms in total. The van der Waals surface area contributed by atoms with Crippen LogP contribution >= 0.6 is 0 Å². The summed E-state index contributed by atoms with van der Waals surface area (Å²) in [5.74, 6) is -2.56. The summed E-state index contributed by atoms with van der Waals surface area (Å²) in [7, 11) is -3.12. The van der Waals surface area contributed by atoms with E-state index in [0.29, 0.717) is 5.56 Å². The number of anilines is 1. The molecule has 4 rings (SSSR count). The Balaban J connectivity index is 1.71. The van der Waals surface area contributed by atoms with Crippen LogP contribution in [0.25, 0.3) is 0 Å². The number of carbonyl (C=O) groups excluding carboxylic acids is 1. The highest BCUT2D eigenvalue weighted by Crippen LogP contribution is 2.38. The molecule has 14 heteroatoms. The molecule has 2 aromatic heterocycles. The number of hydrogen-bond donors (Lipinski definition) is 2. The fourth-order valence-corrected chi connectivity index (χ4v) is 4.29. The molecule has 0 saturated heterocycles. The Morgan fingerprint density at radius 1 is 1.25 bits per heavy atom. The summed E-state index contributed by atoms with van der Waals surface area (Å²) in [5.41, 5.74) is -2.25. The molecule has 1 aliphatic rings. The van der Waals surface area contributed by atoms with Gasteiger partial charge in [-0.2, -0.15) is 22.5 Å². The summed E-state index contributed by atoms with van der Waals surface area (Å²) in [6, 6.07) is 4.96. The minimum Gasteiger partial charge on any atom is -0.403 e. The van der Waals surface area contributed by atoms with Crippen LogP contribution in [0.2, 0.25) is 0 Å². The lowest BCUT2D eigenvalue weighted by Gasteiger charge is -2.25. The van der Waals surface area contributed by atoms with Gasteiger partial charge in [0.05, 0.1) is 9.73 Å². The summed E-state index contributed by atoms with van der Waals surface area (Å²) >= 11 is 0. The van der Waals surface area contributed by atoms with Gasteiger partial charge in [-0.3, -0.25) is 4.79 Å². The lowest BCUT2D eigenvalue weighted by atomic mass is 9.81. The molecule has 0 radical (unpaired) electrons. The van der Waals surface area contributed by atoms with Crippen LogP contribution < -0.4 is 10.1 Å². The first-order valence-corrected chi connectivity index (χ1v) is 12.6. The third kappa shape index (κ3) is 5.27. The Bertz CT molecular complexity index is 1440. The number of benzene rings is 1. The molecule has 2 N–H and O–H groups in total. The molecule has 1 amide bonds. The molecule has 1 aromatic carbocycles. The lowest BCUT2D eigenvalue weighted by Crippen LogP contribution is -2.21. The van der Waals surface area contributed by atoms with Gasteiger partial charge in [0.15, 0.2) is 5.69 Å². The minimum atomic E-state index is -4.92. The SMILES string of the molecule is Cc1c(C(F)(F)F)nnc(Oc2ncc(C3CCC3)c(F)n2)c1C(=O)Nc1cccc(S(C)(=N)=O)c1. The first kappa shape index (κ1) is 25.4. The van der Waals surface area contributed by atoms with Crippen LogP contribution in [0.5, 0.6) is 11.9 Å². The monoisotopic (exact) mass is 524 g/mol. The number of nitrogens with zero attached hydrogens (tertiary/aromatic N) is 4. The van der Waals surface area contributed by atoms with Crippen molar-refractivity contribution in [2.24, 2.45) is 0 Å². The van der Waals surface area contributed by atoms with Crippen molar-refractivity contribution in [2.45, 2.75) is 43.2 Å². The van der Waals surface area contributed by atoms with Crippen molar-refractivity contribution in [2.75, 3.05) is 11.6 Å². The molecule has 0 bridgehead atoms. The zero-order valence-corrected chi connectivity index (χ0v) is 19.8. The van der Waals surface area contributed by atoms with Crippen molar-refractivity contribution in [3.8, 4) is 11.9 Å². The number of rotatable bonds is 6. The van der Waals surface area contributed by atoms with Crippen molar-refractivity contribution < 1.29 is 31.3 Å². The van der Waals surface area contributed by atoms with Crippen molar-refractivity contribution in [1.29, 1.82) is 4.78 Å². The number of carbonyl (C=O) groups is 1. The van der Waals surface area contributed by atoms with Crippen LogP contribution in [-0.2, 0) is 15.9 Å². The second-order valence-electron chi connectivity index (χ2n) is 8.31. The number of nitrogens with one attached hydrogen (secondary N) is 2. The predicted molar refractivity (Wildman–Crippen MR) is 120 cm³/mol. The molecule has 1 saturated carbocycles. The van der Waals surface area contributed by atoms with Crippen molar-refractivity contribution in [1.82, 2.24) is 20.2 Å². The maximum Gasteiger partial charge on any atom is 0.435 e. The largest absolute Gasteiger partial charge is 0.435 e. The third-order valence-electron chi connectivity index (χ3n) is 5.70. The van der Waals surface area contributed by atoms with Gasteiger partial charge >= 0.3 is 12.2 Å². The van der Waals surface area contributed by atoms with E-state index in [0.717, 1.165) is 26.2 Å². The van der Waals surface area contributed by atoms with Crippen LogP contribution in [0, 0.1) is 17.7 Å². The molecule has 0 spiro atoms. The summed E-state index contributed by atoms with van der Waals surface area (Å²) in [6.45, 7) is 1.01. The van der Waals surface area contributed by atoms with Crippen LogP contribution in [-0.4, -0.2) is 36.5 Å². The maximum absolute atomic E-state index is 14.5. The zero-order chi connectivity index (χ0) is 26.3. The fourth-order valence-electron chi connectivity index (χ4n) is 3.60. The highest BCUT2D eigenvalue weighted by atomic mass is 32.2. The van der Waals surface area contributed by atoms with E-state index < -0.39 is 56.5 Å². The summed E-state index contributed by atoms with van der Waals surface area (Å²) < 4.78 is 79.9. The van der Waals surface area contributed by atoms with E-state index in [1.165, 1.54) is 36.7 Å². The van der Waals surface area contributed by atoms with Crippen LogP contribution in [0.1, 0.15) is 52.4 Å². The average molecular weight is 525 g/mol. The number of halogens is 4. The molecular weight excluding hydrogens is 504 g/mol. The molecule has 0 aliphatic heterocycles. The van der Waals surface area contributed by atoms with E-state index in [1.807, 2.05) is 0 Å². The lowest BCUT2D eigenvalue weighted by molar-refractivity contribution is -0.142. The quantitative estimate of drug-likeness (QED) is 0.340. The van der Waals surface area contributed by atoms with Crippen molar-refractivity contribution >= 4 is 21.3 Å². The molecular formula is C22H20F4N6O3S. The van der Waals surface area contributed by atoms with E-state index >= 15 is 0 Å². The predicted octanol–water partition coefficient (Wildman–Crippen LogP) is 5.08. The molecule has 36 heavy (non-hydrogen) atoms. The van der Waals surface area contributed by atoms with E-state index in [9.17, 15) is 26.6 Å². The van der Waals surface area contributed by atoms with Crippen molar-refractivity contribution in [3.63, 3.8) is 0 Å². The normalized spacial score (nSPS) is 15.6. The Kier molecular flexibility index (Phi) is 6.64. The number of alkyl halides is 3. The maximum atomic E-state index is 14.5. The molecule has 1 atom stereocenters. The standard InChI is InChI=1S/C22H20F4N6O3S/c1-11-16(19(33)29-13-7-4-8-14(9-13)36(2,27)34)20(32-31-17(11)22(24,25)26)35-21-28-10-15(18(23)30-21)12-5-3-6-12/h4,7-10,12,27H,3,5-6H2,1-2H3,(H,29,33). The van der Waals surface area contributed by atoms with E-state index in [1.54, 1.807) is 0 Å². The highest BCUT2D eigenvalue weighted by Gasteiger charge is 2.38. The Hall–Kier alpha value is -3.68. The van der Waals surface area contributed by atoms with Crippen LogP contribution in [0.3, 0.4) is 0 Å². The topological polar surface area (TPSA) is 131 Å². The molecule has 1 fully saturated rings. The molecule has 2 heterocycles. The van der Waals surface area contributed by atoms with E-state index in [2.05, 4.69) is 25.5 Å². The minimum absolute atomic E-state index is 0.00853. The molecule has 190 valence electrons. The van der Waals surface area contributed by atoms with Gasteiger partial charge in [0.2, 0.25) is 5.95 Å². The van der Waals surface area contributed by atoms with E-state index in [4.69, 9.17) is 9.52 Å². The number of ether oxygens (including phenoxy) is 1. The van der Waals surface area contributed by atoms with Gasteiger partial charge in [-0.05, 0) is 49.4 Å².